The summed E-state index contributed by atoms with van der Waals surface area (Å²) in [5.41, 5.74) is 1.76. The quantitative estimate of drug-likeness (QED) is 0.791. The molecule has 1 saturated heterocycles. The molecule has 2 aromatic rings. The predicted octanol–water partition coefficient (Wildman–Crippen LogP) is 3.04. The number of morpholine rings is 1. The summed E-state index contributed by atoms with van der Waals surface area (Å²) in [5, 5.41) is 3.45. The average Bonchev–Trinajstić information content (AvgIpc) is 2.75. The van der Waals surface area contributed by atoms with E-state index in [1.54, 1.807) is 54.3 Å². The number of nitrogens with one attached hydrogen (secondary N) is 1. The zero-order chi connectivity index (χ0) is 21.1. The molecule has 4 rings (SSSR count). The molecule has 0 bridgehead atoms. The maximum atomic E-state index is 12.8. The summed E-state index contributed by atoms with van der Waals surface area (Å²) in [5.74, 6) is 0.299. The molecule has 2 heterocycles. The van der Waals surface area contributed by atoms with Gasteiger partial charge in [-0.25, -0.2) is 0 Å². The minimum Gasteiger partial charge on any atom is -0.479 e. The molecular formula is C22H24ClN3O4. The highest BCUT2D eigenvalue weighted by Crippen LogP contribution is 2.36. The van der Waals surface area contributed by atoms with Crippen molar-refractivity contribution in [2.75, 3.05) is 49.6 Å². The summed E-state index contributed by atoms with van der Waals surface area (Å²) in [6.45, 7) is 6.20. The summed E-state index contributed by atoms with van der Waals surface area (Å²) >= 11 is 5.89. The molecular weight excluding hydrogens is 406 g/mol. The van der Waals surface area contributed by atoms with Crippen LogP contribution in [-0.4, -0.2) is 62.2 Å². The molecule has 2 aliphatic heterocycles. The first-order valence-electron chi connectivity index (χ1n) is 10.0. The van der Waals surface area contributed by atoms with Crippen LogP contribution in [0.1, 0.15) is 17.3 Å². The number of carbonyl (C=O) groups excluding carboxylic acids is 2. The normalized spacial score (nSPS) is 19.2. The van der Waals surface area contributed by atoms with E-state index in [4.69, 9.17) is 21.1 Å². The predicted molar refractivity (Wildman–Crippen MR) is 116 cm³/mol. The fourth-order valence-corrected chi connectivity index (χ4v) is 3.71. The van der Waals surface area contributed by atoms with Gasteiger partial charge in [0, 0.05) is 42.5 Å². The summed E-state index contributed by atoms with van der Waals surface area (Å²) in [4.78, 5) is 29.4. The number of carbonyl (C=O) groups is 2. The monoisotopic (exact) mass is 429 g/mol. The van der Waals surface area contributed by atoms with Gasteiger partial charge in [0.15, 0.2) is 6.10 Å². The van der Waals surface area contributed by atoms with E-state index in [0.29, 0.717) is 47.5 Å². The molecule has 0 aromatic heterocycles. The summed E-state index contributed by atoms with van der Waals surface area (Å²) < 4.78 is 11.2. The topological polar surface area (TPSA) is 71.1 Å². The molecule has 0 saturated carbocycles. The first kappa shape index (κ1) is 20.7. The van der Waals surface area contributed by atoms with Gasteiger partial charge in [0.05, 0.1) is 18.9 Å². The number of hydrogen-bond donors (Lipinski definition) is 1. The Hall–Kier alpha value is -2.61. The lowest BCUT2D eigenvalue weighted by molar-refractivity contribution is -0.125. The van der Waals surface area contributed by atoms with Crippen LogP contribution in [0.4, 0.5) is 11.4 Å². The maximum absolute atomic E-state index is 12.8. The molecule has 30 heavy (non-hydrogen) atoms. The van der Waals surface area contributed by atoms with Crippen molar-refractivity contribution >= 4 is 34.8 Å². The van der Waals surface area contributed by atoms with E-state index in [0.717, 1.165) is 19.6 Å². The first-order chi connectivity index (χ1) is 14.5. The Bertz CT molecular complexity index is 928. The highest BCUT2D eigenvalue weighted by molar-refractivity contribution is 6.30. The van der Waals surface area contributed by atoms with Crippen molar-refractivity contribution in [2.24, 2.45) is 0 Å². The van der Waals surface area contributed by atoms with Crippen molar-refractivity contribution in [1.82, 2.24) is 4.90 Å². The third-order valence-electron chi connectivity index (χ3n) is 5.28. The van der Waals surface area contributed by atoms with Crippen molar-refractivity contribution in [3.8, 4) is 5.75 Å². The fourth-order valence-electron chi connectivity index (χ4n) is 3.59. The van der Waals surface area contributed by atoms with Crippen LogP contribution in [0, 0.1) is 0 Å². The zero-order valence-corrected chi connectivity index (χ0v) is 17.5. The van der Waals surface area contributed by atoms with Gasteiger partial charge in [0.2, 0.25) is 0 Å². The summed E-state index contributed by atoms with van der Waals surface area (Å²) in [6.07, 6.45) is -0.545. The number of benzene rings is 2. The van der Waals surface area contributed by atoms with Gasteiger partial charge >= 0.3 is 0 Å². The molecule has 7 nitrogen and oxygen atoms in total. The van der Waals surface area contributed by atoms with Crippen molar-refractivity contribution in [3.05, 3.63) is 53.1 Å². The van der Waals surface area contributed by atoms with Crippen LogP contribution in [0.3, 0.4) is 0 Å². The van der Waals surface area contributed by atoms with Gasteiger partial charge < -0.3 is 19.7 Å². The summed E-state index contributed by atoms with van der Waals surface area (Å²) in [6, 6.07) is 12.0. The molecule has 1 fully saturated rings. The van der Waals surface area contributed by atoms with Crippen molar-refractivity contribution in [3.63, 3.8) is 0 Å². The van der Waals surface area contributed by atoms with Crippen LogP contribution in [0.15, 0.2) is 42.5 Å². The second-order valence-corrected chi connectivity index (χ2v) is 7.78. The Kier molecular flexibility index (Phi) is 6.22. The number of hydrogen-bond acceptors (Lipinski definition) is 5. The van der Waals surface area contributed by atoms with E-state index in [-0.39, 0.29) is 11.8 Å². The van der Waals surface area contributed by atoms with E-state index in [1.165, 1.54) is 0 Å². The number of halogens is 1. The molecule has 0 spiro atoms. The smallest absolute Gasteiger partial charge is 0.267 e. The second kappa shape index (κ2) is 9.04. The number of fused-ring (bicyclic) bond motifs is 1. The number of ether oxygens (including phenoxy) is 2. The van der Waals surface area contributed by atoms with Crippen LogP contribution >= 0.6 is 11.6 Å². The molecule has 0 aliphatic carbocycles. The minimum absolute atomic E-state index is 0.0862. The third kappa shape index (κ3) is 4.59. The molecule has 1 unspecified atom stereocenters. The van der Waals surface area contributed by atoms with Crippen LogP contribution in [0.2, 0.25) is 5.02 Å². The lowest BCUT2D eigenvalue weighted by Gasteiger charge is -2.35. The Balaban J connectivity index is 1.52. The van der Waals surface area contributed by atoms with Crippen molar-refractivity contribution < 1.29 is 19.1 Å². The number of amides is 2. The van der Waals surface area contributed by atoms with E-state index in [1.807, 2.05) is 0 Å². The molecule has 2 aromatic carbocycles. The van der Waals surface area contributed by atoms with Crippen molar-refractivity contribution in [1.29, 1.82) is 0 Å². The average molecular weight is 430 g/mol. The van der Waals surface area contributed by atoms with Gasteiger partial charge in [-0.2, -0.15) is 0 Å². The Morgan fingerprint density at radius 1 is 1.13 bits per heavy atom. The minimum atomic E-state index is -0.545. The van der Waals surface area contributed by atoms with Gasteiger partial charge in [0.25, 0.3) is 11.8 Å². The largest absolute Gasteiger partial charge is 0.479 e. The Labute approximate surface area is 180 Å². The van der Waals surface area contributed by atoms with Crippen LogP contribution in [0.25, 0.3) is 0 Å². The lowest BCUT2D eigenvalue weighted by atomic mass is 10.1. The first-order valence-corrected chi connectivity index (χ1v) is 10.4. The Morgan fingerprint density at radius 3 is 2.60 bits per heavy atom. The number of anilines is 2. The molecule has 0 radical (unpaired) electrons. The third-order valence-corrected chi connectivity index (χ3v) is 5.53. The molecule has 1 atom stereocenters. The van der Waals surface area contributed by atoms with Crippen molar-refractivity contribution in [2.45, 2.75) is 13.0 Å². The molecule has 158 valence electrons. The Morgan fingerprint density at radius 2 is 1.87 bits per heavy atom. The van der Waals surface area contributed by atoms with Gasteiger partial charge in [-0.05, 0) is 49.4 Å². The van der Waals surface area contributed by atoms with Crippen LogP contribution < -0.4 is 15.0 Å². The van der Waals surface area contributed by atoms with E-state index < -0.39 is 6.10 Å². The molecule has 1 N–H and O–H groups in total. The van der Waals surface area contributed by atoms with Gasteiger partial charge in [-0.15, -0.1) is 0 Å². The lowest BCUT2D eigenvalue weighted by Crippen LogP contribution is -2.48. The van der Waals surface area contributed by atoms with E-state index >= 15 is 0 Å². The summed E-state index contributed by atoms with van der Waals surface area (Å²) in [7, 11) is 0. The van der Waals surface area contributed by atoms with E-state index in [9.17, 15) is 9.59 Å². The SMILES string of the molecule is CC1Oc2ccc(NC(=O)c3ccc(Cl)cc3)cc2N(CCN2CCOCC2)C1=O. The molecule has 2 amide bonds. The zero-order valence-electron chi connectivity index (χ0n) is 16.8. The van der Waals surface area contributed by atoms with E-state index in [2.05, 4.69) is 10.2 Å². The number of rotatable bonds is 5. The standard InChI is InChI=1S/C22H24ClN3O4/c1-15-22(28)26(9-8-25-10-12-29-13-11-25)19-14-18(6-7-20(19)30-15)24-21(27)16-2-4-17(23)5-3-16/h2-7,14-15H,8-13H2,1H3,(H,24,27). The maximum Gasteiger partial charge on any atom is 0.267 e. The van der Waals surface area contributed by atoms with Crippen LogP contribution in [-0.2, 0) is 9.53 Å². The highest BCUT2D eigenvalue weighted by Gasteiger charge is 2.32. The molecule has 8 heteroatoms. The number of nitrogens with zero attached hydrogens (tertiary/aromatic N) is 2. The van der Waals surface area contributed by atoms with Gasteiger partial charge in [-0.1, -0.05) is 11.6 Å². The van der Waals surface area contributed by atoms with Crippen LogP contribution in [0.5, 0.6) is 5.75 Å². The van der Waals surface area contributed by atoms with Gasteiger partial charge in [0.1, 0.15) is 5.75 Å². The highest BCUT2D eigenvalue weighted by atomic mass is 35.5. The molecule has 2 aliphatic rings. The van der Waals surface area contributed by atoms with Gasteiger partial charge in [-0.3, -0.25) is 14.5 Å². The fraction of sp³-hybridized carbons (Fsp3) is 0.364. The second-order valence-electron chi connectivity index (χ2n) is 7.35.